The Kier molecular flexibility index (Phi) is 4.49. The van der Waals surface area contributed by atoms with E-state index in [1.165, 1.54) is 23.7 Å². The molecule has 1 aromatic rings. The predicted octanol–water partition coefficient (Wildman–Crippen LogP) is 2.52. The summed E-state index contributed by atoms with van der Waals surface area (Å²) >= 11 is 6.06. The minimum Gasteiger partial charge on any atom is -0.377 e. The summed E-state index contributed by atoms with van der Waals surface area (Å²) in [4.78, 5) is 12.2. The van der Waals surface area contributed by atoms with E-state index in [4.69, 9.17) is 18.0 Å². The molecule has 1 fully saturated rings. The van der Waals surface area contributed by atoms with Gasteiger partial charge in [-0.05, 0) is 31.6 Å². The van der Waals surface area contributed by atoms with Crippen LogP contribution in [0.5, 0.6) is 0 Å². The summed E-state index contributed by atoms with van der Waals surface area (Å²) in [5, 5.41) is 7.54. The molecule has 1 N–H and O–H groups in total. The molecule has 1 aliphatic rings. The molecule has 0 bridgehead atoms. The van der Waals surface area contributed by atoms with Gasteiger partial charge in [0.05, 0.1) is 11.2 Å². The molecule has 0 radical (unpaired) electrons. The van der Waals surface area contributed by atoms with Crippen LogP contribution in [0.2, 0.25) is 5.02 Å². The second-order valence-corrected chi connectivity index (χ2v) is 5.54. The molecule has 1 aliphatic carbocycles. The number of nitrogens with one attached hydrogen (secondary N) is 1. The lowest BCUT2D eigenvalue weighted by atomic mass is 9.87. The Morgan fingerprint density at radius 1 is 1.53 bits per heavy atom. The summed E-state index contributed by atoms with van der Waals surface area (Å²) < 4.78 is 1.25. The second kappa shape index (κ2) is 6.12. The van der Waals surface area contributed by atoms with Crippen LogP contribution in [-0.2, 0) is 6.54 Å². The maximum Gasteiger partial charge on any atom is 0.292 e. The topological polar surface area (TPSA) is 46.9 Å². The van der Waals surface area contributed by atoms with Crippen LogP contribution < -0.4 is 10.9 Å². The molecular weight excluding hydrogens is 262 g/mol. The molecule has 0 aromatic carbocycles. The molecule has 0 unspecified atom stereocenters. The van der Waals surface area contributed by atoms with E-state index in [1.54, 1.807) is 0 Å². The first-order valence-electron chi connectivity index (χ1n) is 6.57. The molecule has 19 heavy (non-hydrogen) atoms. The van der Waals surface area contributed by atoms with Gasteiger partial charge in [0.2, 0.25) is 0 Å². The van der Waals surface area contributed by atoms with Crippen molar-refractivity contribution in [1.82, 2.24) is 9.78 Å². The number of hydrogen-bond acceptors (Lipinski definition) is 3. The number of rotatable bonds is 3. The van der Waals surface area contributed by atoms with Crippen LogP contribution >= 0.6 is 11.6 Å². The zero-order chi connectivity index (χ0) is 13.8. The van der Waals surface area contributed by atoms with Crippen LogP contribution in [0.4, 0.5) is 5.69 Å². The Labute approximate surface area is 118 Å². The zero-order valence-corrected chi connectivity index (χ0v) is 11.8. The van der Waals surface area contributed by atoms with Crippen molar-refractivity contribution in [3.05, 3.63) is 21.6 Å². The van der Waals surface area contributed by atoms with E-state index < -0.39 is 0 Å². The quantitative estimate of drug-likeness (QED) is 0.865. The van der Waals surface area contributed by atoms with Crippen LogP contribution in [0.25, 0.3) is 0 Å². The van der Waals surface area contributed by atoms with Crippen LogP contribution in [0.1, 0.15) is 32.6 Å². The molecule has 0 spiro atoms. The Hall–Kier alpha value is -1.47. The standard InChI is InChI=1S/C14H18ClN3O/c1-3-8-18-14(19)13(12(15)9-16-18)17-11-6-4-10(2)5-7-11/h1,9-11,17H,4-8H2,2H3. The molecule has 102 valence electrons. The molecule has 0 atom stereocenters. The van der Waals surface area contributed by atoms with E-state index in [0.717, 1.165) is 18.8 Å². The average Bonchev–Trinajstić information content (AvgIpc) is 2.40. The normalized spacial score (nSPS) is 22.8. The number of halogens is 1. The fourth-order valence-electron chi connectivity index (χ4n) is 2.41. The molecule has 0 amide bonds. The van der Waals surface area contributed by atoms with Gasteiger partial charge in [-0.25, -0.2) is 4.68 Å². The summed E-state index contributed by atoms with van der Waals surface area (Å²) in [5.41, 5.74) is 0.176. The first-order chi connectivity index (χ1) is 9.11. The number of terminal acetylenes is 1. The number of nitrogens with zero attached hydrogens (tertiary/aromatic N) is 2. The van der Waals surface area contributed by atoms with Crippen molar-refractivity contribution >= 4 is 17.3 Å². The monoisotopic (exact) mass is 279 g/mol. The van der Waals surface area contributed by atoms with Crippen LogP contribution in [-0.4, -0.2) is 15.8 Å². The number of anilines is 1. The molecule has 4 nitrogen and oxygen atoms in total. The predicted molar refractivity (Wildman–Crippen MR) is 77.4 cm³/mol. The fourth-order valence-corrected chi connectivity index (χ4v) is 2.59. The third kappa shape index (κ3) is 3.30. The lowest BCUT2D eigenvalue weighted by Crippen LogP contribution is -2.31. The summed E-state index contributed by atoms with van der Waals surface area (Å²) in [6.45, 7) is 2.42. The van der Waals surface area contributed by atoms with Crippen molar-refractivity contribution in [2.45, 2.75) is 45.2 Å². The SMILES string of the molecule is C#CCn1ncc(Cl)c(NC2CCC(C)CC2)c1=O. The number of hydrogen-bond donors (Lipinski definition) is 1. The lowest BCUT2D eigenvalue weighted by molar-refractivity contribution is 0.361. The van der Waals surface area contributed by atoms with Gasteiger partial charge in [0.1, 0.15) is 12.2 Å². The Balaban J connectivity index is 2.18. The van der Waals surface area contributed by atoms with E-state index in [1.807, 2.05) is 0 Å². The molecule has 2 rings (SSSR count). The van der Waals surface area contributed by atoms with E-state index >= 15 is 0 Å². The minimum atomic E-state index is -0.246. The molecule has 1 heterocycles. The van der Waals surface area contributed by atoms with Crippen LogP contribution in [0.15, 0.2) is 11.0 Å². The van der Waals surface area contributed by atoms with Gasteiger partial charge in [-0.2, -0.15) is 5.10 Å². The highest BCUT2D eigenvalue weighted by atomic mass is 35.5. The highest BCUT2D eigenvalue weighted by Crippen LogP contribution is 2.26. The first-order valence-corrected chi connectivity index (χ1v) is 6.95. The Morgan fingerprint density at radius 3 is 2.84 bits per heavy atom. The smallest absolute Gasteiger partial charge is 0.292 e. The van der Waals surface area contributed by atoms with E-state index in [2.05, 4.69) is 23.3 Å². The summed E-state index contributed by atoms with van der Waals surface area (Å²) in [6, 6.07) is 0.308. The van der Waals surface area contributed by atoms with Gasteiger partial charge in [0.15, 0.2) is 0 Å². The minimum absolute atomic E-state index is 0.159. The third-order valence-corrected chi connectivity index (χ3v) is 3.89. The lowest BCUT2D eigenvalue weighted by Gasteiger charge is -2.27. The van der Waals surface area contributed by atoms with Gasteiger partial charge in [-0.1, -0.05) is 24.4 Å². The fraction of sp³-hybridized carbons (Fsp3) is 0.571. The van der Waals surface area contributed by atoms with Crippen molar-refractivity contribution in [2.75, 3.05) is 5.32 Å². The van der Waals surface area contributed by atoms with Gasteiger partial charge < -0.3 is 5.32 Å². The largest absolute Gasteiger partial charge is 0.377 e. The molecule has 1 saturated carbocycles. The zero-order valence-electron chi connectivity index (χ0n) is 11.0. The first kappa shape index (κ1) is 14.0. The van der Waals surface area contributed by atoms with Gasteiger partial charge in [-0.15, -0.1) is 6.42 Å². The van der Waals surface area contributed by atoms with Crippen LogP contribution in [0, 0.1) is 18.3 Å². The third-order valence-electron chi connectivity index (χ3n) is 3.60. The van der Waals surface area contributed by atoms with Crippen molar-refractivity contribution in [3.8, 4) is 12.3 Å². The summed E-state index contributed by atoms with van der Waals surface area (Å²) in [5.74, 6) is 3.18. The Morgan fingerprint density at radius 2 is 2.21 bits per heavy atom. The van der Waals surface area contributed by atoms with E-state index in [9.17, 15) is 4.79 Å². The summed E-state index contributed by atoms with van der Waals surface area (Å²) in [6.07, 6.45) is 11.2. The second-order valence-electron chi connectivity index (χ2n) is 5.14. The van der Waals surface area contributed by atoms with E-state index in [0.29, 0.717) is 16.8 Å². The Bertz CT molecular complexity index is 539. The van der Waals surface area contributed by atoms with Gasteiger partial charge in [0.25, 0.3) is 5.56 Å². The van der Waals surface area contributed by atoms with E-state index in [-0.39, 0.29) is 12.1 Å². The molecule has 0 aliphatic heterocycles. The molecule has 0 saturated heterocycles. The number of aromatic nitrogens is 2. The maximum atomic E-state index is 12.2. The molecule has 5 heteroatoms. The van der Waals surface area contributed by atoms with Crippen molar-refractivity contribution in [3.63, 3.8) is 0 Å². The maximum absolute atomic E-state index is 12.2. The average molecular weight is 280 g/mol. The van der Waals surface area contributed by atoms with Crippen molar-refractivity contribution in [2.24, 2.45) is 5.92 Å². The van der Waals surface area contributed by atoms with Crippen molar-refractivity contribution in [1.29, 1.82) is 0 Å². The molecule has 1 aromatic heterocycles. The van der Waals surface area contributed by atoms with Crippen LogP contribution in [0.3, 0.4) is 0 Å². The summed E-state index contributed by atoms with van der Waals surface area (Å²) in [7, 11) is 0. The highest BCUT2D eigenvalue weighted by Gasteiger charge is 2.20. The van der Waals surface area contributed by atoms with Gasteiger partial charge in [-0.3, -0.25) is 4.79 Å². The van der Waals surface area contributed by atoms with Gasteiger partial charge in [0, 0.05) is 6.04 Å². The van der Waals surface area contributed by atoms with Crippen molar-refractivity contribution < 1.29 is 0 Å². The van der Waals surface area contributed by atoms with Gasteiger partial charge >= 0.3 is 0 Å². The molecular formula is C14H18ClN3O. The highest BCUT2D eigenvalue weighted by molar-refractivity contribution is 6.33.